The summed E-state index contributed by atoms with van der Waals surface area (Å²) < 4.78 is 22.9. The quantitative estimate of drug-likeness (QED) is 0.813. The van der Waals surface area contributed by atoms with Crippen LogP contribution in [0.2, 0.25) is 0 Å². The molecular weight excluding hydrogens is 278 g/mol. The van der Waals surface area contributed by atoms with Crippen LogP contribution in [0, 0.1) is 4.91 Å². The number of amides is 1. The van der Waals surface area contributed by atoms with E-state index in [1.807, 2.05) is 0 Å². The molecule has 0 saturated heterocycles. The van der Waals surface area contributed by atoms with Crippen LogP contribution in [-0.4, -0.2) is 25.3 Å². The summed E-state index contributed by atoms with van der Waals surface area (Å²) >= 11 is 0. The summed E-state index contributed by atoms with van der Waals surface area (Å²) in [6.45, 7) is 0. The second-order valence-electron chi connectivity index (χ2n) is 4.23. The van der Waals surface area contributed by atoms with Crippen molar-refractivity contribution in [1.82, 2.24) is 0 Å². The van der Waals surface area contributed by atoms with Gasteiger partial charge >= 0.3 is 5.91 Å². The van der Waals surface area contributed by atoms with E-state index in [9.17, 15) is 18.1 Å². The van der Waals surface area contributed by atoms with Gasteiger partial charge in [-0.25, -0.2) is 13.2 Å². The summed E-state index contributed by atoms with van der Waals surface area (Å²) in [7, 11) is -3.32. The maximum Gasteiger partial charge on any atom is 0.471 e. The molecule has 0 N–H and O–H groups in total. The Morgan fingerprint density at radius 1 is 0.950 bits per heavy atom. The van der Waals surface area contributed by atoms with Gasteiger partial charge in [0.25, 0.3) is 5.69 Å². The molecule has 2 rings (SSSR count). The van der Waals surface area contributed by atoms with Gasteiger partial charge in [-0.1, -0.05) is 18.2 Å². The number of nitrogens with zero attached hydrogens (tertiary/aromatic N) is 1. The second-order valence-corrected chi connectivity index (χ2v) is 6.25. The maximum absolute atomic E-state index is 11.9. The number of rotatable bonds is 3. The predicted molar refractivity (Wildman–Crippen MR) is 73.6 cm³/mol. The molecule has 0 heterocycles. The fraction of sp³-hybridized carbons (Fsp3) is 0.0714. The molecular formula is C14H12NO4S+. The van der Waals surface area contributed by atoms with E-state index in [2.05, 4.69) is 0 Å². The van der Waals surface area contributed by atoms with Crippen LogP contribution in [0.5, 0.6) is 0 Å². The molecule has 0 saturated carbocycles. The standard InChI is InChI=1S/C14H12NO4S/c1-20(18,19)13-9-7-12(8-10-13)15(17)14(16)11-5-3-2-4-6-11/h2-10H,1H3/q+1. The SMILES string of the molecule is CS(=O)(=O)c1ccc([N+](=O)C(=O)c2ccccc2)cc1. The summed E-state index contributed by atoms with van der Waals surface area (Å²) in [5.74, 6) is -0.697. The van der Waals surface area contributed by atoms with Gasteiger partial charge in [0.1, 0.15) is 4.76 Å². The fourth-order valence-electron chi connectivity index (χ4n) is 1.64. The van der Waals surface area contributed by atoms with Crippen LogP contribution >= 0.6 is 0 Å². The highest BCUT2D eigenvalue weighted by Gasteiger charge is 2.27. The molecule has 0 unspecified atom stereocenters. The molecule has 0 bridgehead atoms. The van der Waals surface area contributed by atoms with Crippen LogP contribution in [0.15, 0.2) is 59.5 Å². The van der Waals surface area contributed by atoms with Gasteiger partial charge in [-0.15, -0.1) is 0 Å². The lowest BCUT2D eigenvalue weighted by atomic mass is 10.2. The van der Waals surface area contributed by atoms with Crippen molar-refractivity contribution in [2.24, 2.45) is 0 Å². The third-order valence-corrected chi connectivity index (χ3v) is 3.83. The number of carbonyl (C=O) groups excluding carboxylic acids is 1. The normalized spacial score (nSPS) is 11.1. The van der Waals surface area contributed by atoms with E-state index < -0.39 is 15.7 Å². The zero-order valence-electron chi connectivity index (χ0n) is 10.7. The van der Waals surface area contributed by atoms with Gasteiger partial charge in [0.2, 0.25) is 0 Å². The van der Waals surface area contributed by atoms with Crippen molar-refractivity contribution in [3.63, 3.8) is 0 Å². The fourth-order valence-corrected chi connectivity index (χ4v) is 2.27. The van der Waals surface area contributed by atoms with Crippen LogP contribution in [-0.2, 0) is 9.84 Å². The average Bonchev–Trinajstić information content (AvgIpc) is 2.46. The zero-order valence-corrected chi connectivity index (χ0v) is 11.5. The molecule has 0 radical (unpaired) electrons. The Hall–Kier alpha value is -2.34. The molecule has 0 atom stereocenters. The molecule has 0 fully saturated rings. The number of nitroso groups, excluding NO2 is 1. The number of carbonyl (C=O) groups is 1. The van der Waals surface area contributed by atoms with Gasteiger partial charge in [0.15, 0.2) is 9.84 Å². The summed E-state index contributed by atoms with van der Waals surface area (Å²) in [6.07, 6.45) is 1.08. The summed E-state index contributed by atoms with van der Waals surface area (Å²) in [5.41, 5.74) is 0.362. The Labute approximate surface area is 116 Å². The molecule has 0 spiro atoms. The molecule has 0 aliphatic carbocycles. The van der Waals surface area contributed by atoms with Crippen molar-refractivity contribution in [3.8, 4) is 0 Å². The largest absolute Gasteiger partial charge is 0.471 e. The van der Waals surface area contributed by atoms with Crippen LogP contribution in [0.1, 0.15) is 10.4 Å². The Kier molecular flexibility index (Phi) is 3.76. The maximum atomic E-state index is 11.9. The highest BCUT2D eigenvalue weighted by Crippen LogP contribution is 2.17. The molecule has 2 aromatic carbocycles. The van der Waals surface area contributed by atoms with Crippen LogP contribution in [0.4, 0.5) is 5.69 Å². The second kappa shape index (κ2) is 5.34. The smallest absolute Gasteiger partial charge is 0.224 e. The lowest BCUT2D eigenvalue weighted by molar-refractivity contribution is -0.358. The van der Waals surface area contributed by atoms with Gasteiger partial charge < -0.3 is 0 Å². The number of benzene rings is 2. The molecule has 1 amide bonds. The highest BCUT2D eigenvalue weighted by atomic mass is 32.2. The topological polar surface area (TPSA) is 71.3 Å². The van der Waals surface area contributed by atoms with E-state index >= 15 is 0 Å². The van der Waals surface area contributed by atoms with Gasteiger partial charge in [-0.05, 0) is 24.3 Å². The highest BCUT2D eigenvalue weighted by molar-refractivity contribution is 7.90. The lowest BCUT2D eigenvalue weighted by Crippen LogP contribution is -2.13. The monoisotopic (exact) mass is 290 g/mol. The minimum Gasteiger partial charge on any atom is -0.224 e. The van der Waals surface area contributed by atoms with Gasteiger partial charge in [0.05, 0.1) is 10.5 Å². The van der Waals surface area contributed by atoms with Crippen LogP contribution in [0.25, 0.3) is 0 Å². The van der Waals surface area contributed by atoms with Crippen molar-refractivity contribution < 1.29 is 18.0 Å². The third kappa shape index (κ3) is 2.97. The Morgan fingerprint density at radius 3 is 2.00 bits per heavy atom. The van der Waals surface area contributed by atoms with E-state index in [1.165, 1.54) is 36.4 Å². The van der Waals surface area contributed by atoms with Crippen LogP contribution in [0.3, 0.4) is 0 Å². The minimum absolute atomic E-state index is 0.0891. The molecule has 0 aliphatic heterocycles. The summed E-state index contributed by atoms with van der Waals surface area (Å²) in [4.78, 5) is 23.9. The number of sulfone groups is 1. The molecule has 5 nitrogen and oxygen atoms in total. The van der Waals surface area contributed by atoms with Crippen molar-refractivity contribution in [1.29, 1.82) is 0 Å². The Morgan fingerprint density at radius 2 is 1.50 bits per heavy atom. The van der Waals surface area contributed by atoms with Crippen molar-refractivity contribution in [2.45, 2.75) is 4.90 Å². The first-order valence-corrected chi connectivity index (χ1v) is 7.65. The third-order valence-electron chi connectivity index (χ3n) is 2.70. The van der Waals surface area contributed by atoms with Gasteiger partial charge in [0, 0.05) is 23.3 Å². The molecule has 0 aliphatic rings. The van der Waals surface area contributed by atoms with E-state index in [0.717, 1.165) is 6.26 Å². The Balaban J connectivity index is 2.29. The first-order valence-electron chi connectivity index (χ1n) is 5.76. The van der Waals surface area contributed by atoms with E-state index in [0.29, 0.717) is 0 Å². The van der Waals surface area contributed by atoms with Crippen molar-refractivity contribution in [3.05, 3.63) is 65.1 Å². The van der Waals surface area contributed by atoms with Gasteiger partial charge in [-0.3, -0.25) is 0 Å². The summed E-state index contributed by atoms with van der Waals surface area (Å²) in [5, 5.41) is 0. The van der Waals surface area contributed by atoms with E-state index in [-0.39, 0.29) is 20.9 Å². The average molecular weight is 290 g/mol. The van der Waals surface area contributed by atoms with Crippen LogP contribution < -0.4 is 0 Å². The summed E-state index contributed by atoms with van der Waals surface area (Å²) in [6, 6.07) is 13.4. The van der Waals surface area contributed by atoms with E-state index in [1.54, 1.807) is 18.2 Å². The molecule has 6 heteroatoms. The minimum atomic E-state index is -3.32. The Bertz CT molecular complexity index is 750. The zero-order chi connectivity index (χ0) is 14.8. The molecule has 0 aromatic heterocycles. The van der Waals surface area contributed by atoms with Crippen molar-refractivity contribution in [2.75, 3.05) is 6.26 Å². The van der Waals surface area contributed by atoms with Crippen molar-refractivity contribution >= 4 is 21.4 Å². The van der Waals surface area contributed by atoms with E-state index in [4.69, 9.17) is 0 Å². The molecule has 2 aromatic rings. The molecule has 102 valence electrons. The first-order chi connectivity index (χ1) is 9.39. The van der Waals surface area contributed by atoms with Gasteiger partial charge in [-0.2, -0.15) is 0 Å². The molecule has 20 heavy (non-hydrogen) atoms. The first kappa shape index (κ1) is 14.1. The number of hydrogen-bond acceptors (Lipinski definition) is 4. The number of hydrogen-bond donors (Lipinski definition) is 0. The predicted octanol–water partition coefficient (Wildman–Crippen LogP) is 2.34. The lowest BCUT2D eigenvalue weighted by Gasteiger charge is -1.97.